The van der Waals surface area contributed by atoms with Crippen LogP contribution in [0.25, 0.3) is 0 Å². The average Bonchev–Trinajstić information content (AvgIpc) is 3.51. The number of benzene rings is 3. The number of fused-ring (bicyclic) bond motifs is 3. The molecule has 3 amide bonds. The molecule has 5 aliphatic rings. The monoisotopic (exact) mass is 612 g/mol. The first kappa shape index (κ1) is 28.3. The third-order valence-corrected chi connectivity index (χ3v) is 10.8. The Morgan fingerprint density at radius 2 is 1.69 bits per heavy atom. The van der Waals surface area contributed by atoms with Crippen LogP contribution < -0.4 is 16.0 Å². The van der Waals surface area contributed by atoms with Crippen molar-refractivity contribution in [3.05, 3.63) is 94.6 Å². The van der Waals surface area contributed by atoms with E-state index in [-0.39, 0.29) is 30.3 Å². The second-order valence-electron chi connectivity index (χ2n) is 13.5. The summed E-state index contributed by atoms with van der Waals surface area (Å²) in [5.74, 6) is -2.12. The zero-order chi connectivity index (χ0) is 31.0. The van der Waals surface area contributed by atoms with Gasteiger partial charge in [0.1, 0.15) is 18.2 Å². The molecule has 2 aliphatic carbocycles. The lowest BCUT2D eigenvalue weighted by Gasteiger charge is -2.60. The second-order valence-corrected chi connectivity index (χ2v) is 13.5. The van der Waals surface area contributed by atoms with E-state index in [2.05, 4.69) is 16.0 Å². The topological polar surface area (TPSA) is 99.8 Å². The van der Waals surface area contributed by atoms with E-state index in [4.69, 9.17) is 4.74 Å². The largest absolute Gasteiger partial charge is 0.381 e. The summed E-state index contributed by atoms with van der Waals surface area (Å²) in [5, 5.41) is 9.38. The van der Waals surface area contributed by atoms with Crippen LogP contribution in [0.3, 0.4) is 0 Å². The first-order valence-electron chi connectivity index (χ1n) is 15.6. The molecule has 1 saturated carbocycles. The van der Waals surface area contributed by atoms with Gasteiger partial charge in [0.25, 0.3) is 0 Å². The number of nitrogens with zero attached hydrogens (tertiary/aromatic N) is 1. The Hall–Kier alpha value is -4.15. The zero-order valence-electron chi connectivity index (χ0n) is 24.8. The number of amides is 3. The number of halogens is 2. The van der Waals surface area contributed by atoms with Gasteiger partial charge in [-0.2, -0.15) is 0 Å². The first-order valence-corrected chi connectivity index (χ1v) is 15.6. The van der Waals surface area contributed by atoms with Gasteiger partial charge in [-0.15, -0.1) is 0 Å². The minimum absolute atomic E-state index is 0.0185. The summed E-state index contributed by atoms with van der Waals surface area (Å²) in [5.41, 5.74) is 3.30. The van der Waals surface area contributed by atoms with Gasteiger partial charge in [0.15, 0.2) is 0 Å². The summed E-state index contributed by atoms with van der Waals surface area (Å²) < 4.78 is 34.1. The fraction of sp³-hybridized carbons (Fsp3) is 0.400. The molecule has 2 saturated heterocycles. The molecule has 3 spiro atoms. The Morgan fingerprint density at radius 1 is 0.956 bits per heavy atom. The fourth-order valence-electron chi connectivity index (χ4n) is 8.64. The fourth-order valence-corrected chi connectivity index (χ4v) is 8.64. The molecule has 3 heterocycles. The molecule has 8 nitrogen and oxygen atoms in total. The van der Waals surface area contributed by atoms with E-state index in [1.165, 1.54) is 17.0 Å². The van der Waals surface area contributed by atoms with E-state index in [9.17, 15) is 23.2 Å². The van der Waals surface area contributed by atoms with Crippen LogP contribution >= 0.6 is 0 Å². The number of rotatable bonds is 4. The van der Waals surface area contributed by atoms with Crippen molar-refractivity contribution in [1.29, 1.82) is 0 Å². The highest BCUT2D eigenvalue weighted by molar-refractivity contribution is 6.07. The second kappa shape index (κ2) is 10.2. The van der Waals surface area contributed by atoms with Gasteiger partial charge in [-0.1, -0.05) is 24.3 Å². The molecule has 3 aromatic rings. The quantitative estimate of drug-likeness (QED) is 0.406. The van der Waals surface area contributed by atoms with Gasteiger partial charge < -0.3 is 25.6 Å². The van der Waals surface area contributed by atoms with Gasteiger partial charge in [-0.3, -0.25) is 14.4 Å². The van der Waals surface area contributed by atoms with Crippen LogP contribution in [0.2, 0.25) is 0 Å². The number of hydrogen-bond donors (Lipinski definition) is 3. The van der Waals surface area contributed by atoms with Crippen molar-refractivity contribution < 1.29 is 27.9 Å². The smallest absolute Gasteiger partial charge is 0.244 e. The van der Waals surface area contributed by atoms with E-state index in [1.54, 1.807) is 0 Å². The Kier molecular flexibility index (Phi) is 6.41. The van der Waals surface area contributed by atoms with Crippen LogP contribution in [0.1, 0.15) is 54.0 Å². The zero-order valence-corrected chi connectivity index (χ0v) is 24.8. The molecule has 0 bridgehead atoms. The molecule has 10 heteroatoms. The normalized spacial score (nSPS) is 25.6. The summed E-state index contributed by atoms with van der Waals surface area (Å²) >= 11 is 0. The predicted molar refractivity (Wildman–Crippen MR) is 162 cm³/mol. The average molecular weight is 613 g/mol. The van der Waals surface area contributed by atoms with Gasteiger partial charge in [0.05, 0.1) is 17.0 Å². The Labute approximate surface area is 259 Å². The van der Waals surface area contributed by atoms with E-state index >= 15 is 0 Å². The summed E-state index contributed by atoms with van der Waals surface area (Å²) in [7, 11) is 0. The van der Waals surface area contributed by atoms with Crippen LogP contribution in [-0.4, -0.2) is 54.5 Å². The molecular weight excluding hydrogens is 578 g/mol. The molecular formula is C35H34F2N4O4. The van der Waals surface area contributed by atoms with Crippen LogP contribution in [0.15, 0.2) is 60.7 Å². The van der Waals surface area contributed by atoms with E-state index < -0.39 is 34.5 Å². The molecule has 3 fully saturated rings. The molecule has 8 rings (SSSR count). The number of ether oxygens (including phenoxy) is 1. The third-order valence-electron chi connectivity index (χ3n) is 10.8. The van der Waals surface area contributed by atoms with Crippen molar-refractivity contribution in [2.45, 2.75) is 55.5 Å². The molecule has 0 aromatic heterocycles. The number of carbonyl (C=O) groups is 3. The standard InChI is InChI=1S/C35H34F2N4O4/c36-24-11-22(12-25(37)14-24)29-17-38-35(19-33(20-35)7-9-45-10-8-33)32(44)41(29)18-30(42)39-26-6-5-21-15-34(16-23(21)13-26)27-3-1-2-4-28(27)40-31(34)43/h1-6,11-14,29,38H,7-10,15-20H2,(H,39,42)(H,40,43). The van der Waals surface area contributed by atoms with E-state index in [1.807, 2.05) is 42.5 Å². The Bertz CT molecular complexity index is 1730. The number of para-hydroxylation sites is 1. The van der Waals surface area contributed by atoms with Gasteiger partial charge in [-0.25, -0.2) is 8.78 Å². The summed E-state index contributed by atoms with van der Waals surface area (Å²) in [6.07, 6.45) is 4.16. The molecule has 0 radical (unpaired) electrons. The summed E-state index contributed by atoms with van der Waals surface area (Å²) in [6.45, 7) is 1.35. The van der Waals surface area contributed by atoms with Crippen molar-refractivity contribution in [1.82, 2.24) is 10.2 Å². The summed E-state index contributed by atoms with van der Waals surface area (Å²) in [4.78, 5) is 42.3. The number of nitrogens with one attached hydrogen (secondary N) is 3. The molecule has 2 atom stereocenters. The maximum atomic E-state index is 14.3. The van der Waals surface area contributed by atoms with Gasteiger partial charge >= 0.3 is 0 Å². The Morgan fingerprint density at radius 3 is 2.47 bits per heavy atom. The molecule has 232 valence electrons. The maximum absolute atomic E-state index is 14.3. The first-order chi connectivity index (χ1) is 21.7. The van der Waals surface area contributed by atoms with Crippen molar-refractivity contribution in [2.24, 2.45) is 5.41 Å². The maximum Gasteiger partial charge on any atom is 0.244 e. The highest BCUT2D eigenvalue weighted by Crippen LogP contribution is 2.56. The molecule has 3 N–H and O–H groups in total. The molecule has 3 aliphatic heterocycles. The van der Waals surface area contributed by atoms with Crippen LogP contribution in [-0.2, 0) is 37.4 Å². The lowest BCUT2D eigenvalue weighted by Crippen LogP contribution is -2.73. The van der Waals surface area contributed by atoms with E-state index in [0.717, 1.165) is 41.3 Å². The lowest BCUT2D eigenvalue weighted by atomic mass is 9.53. The highest BCUT2D eigenvalue weighted by Gasteiger charge is 2.62. The van der Waals surface area contributed by atoms with Crippen molar-refractivity contribution in [2.75, 3.05) is 36.9 Å². The minimum atomic E-state index is -0.806. The van der Waals surface area contributed by atoms with Crippen LogP contribution in [0.4, 0.5) is 20.2 Å². The lowest BCUT2D eigenvalue weighted by molar-refractivity contribution is -0.166. The third kappa shape index (κ3) is 4.56. The number of hydrogen-bond acceptors (Lipinski definition) is 5. The molecule has 2 unspecified atom stereocenters. The number of piperazine rings is 1. The van der Waals surface area contributed by atoms with Crippen molar-refractivity contribution >= 4 is 29.1 Å². The predicted octanol–water partition coefficient (Wildman–Crippen LogP) is 4.39. The molecule has 3 aromatic carbocycles. The van der Waals surface area contributed by atoms with Crippen molar-refractivity contribution in [3.8, 4) is 0 Å². The highest BCUT2D eigenvalue weighted by atomic mass is 19.1. The van der Waals surface area contributed by atoms with E-state index in [0.29, 0.717) is 50.1 Å². The molecule has 45 heavy (non-hydrogen) atoms. The van der Waals surface area contributed by atoms with Gasteiger partial charge in [0, 0.05) is 37.2 Å². The van der Waals surface area contributed by atoms with Crippen molar-refractivity contribution in [3.63, 3.8) is 0 Å². The Balaban J connectivity index is 1.03. The number of anilines is 2. The SMILES string of the molecule is O=C(CN1C(=O)C2(CC3(CCOCC3)C2)NCC1c1cc(F)cc(F)c1)Nc1ccc2c(c1)CC1(C2)C(=O)Nc2ccccc21. The van der Waals surface area contributed by atoms with Crippen LogP contribution in [0.5, 0.6) is 0 Å². The van der Waals surface area contributed by atoms with Gasteiger partial charge in [0.2, 0.25) is 17.7 Å². The minimum Gasteiger partial charge on any atom is -0.381 e. The number of carbonyl (C=O) groups excluding carboxylic acids is 3. The summed E-state index contributed by atoms with van der Waals surface area (Å²) in [6, 6.07) is 15.9. The van der Waals surface area contributed by atoms with Crippen LogP contribution in [0, 0.1) is 17.0 Å². The van der Waals surface area contributed by atoms with Gasteiger partial charge in [-0.05, 0) is 96.5 Å².